The lowest BCUT2D eigenvalue weighted by Crippen LogP contribution is -2.14. The van der Waals surface area contributed by atoms with E-state index < -0.39 is 11.9 Å². The van der Waals surface area contributed by atoms with Crippen molar-refractivity contribution in [1.82, 2.24) is 15.2 Å². The van der Waals surface area contributed by atoms with E-state index in [0.717, 1.165) is 12.5 Å². The molecular weight excluding hydrogens is 276 g/mol. The average Bonchev–Trinajstić information content (AvgIpc) is 2.90. The topological polar surface area (TPSA) is 128 Å². The number of aromatic carboxylic acids is 1. The van der Waals surface area contributed by atoms with Gasteiger partial charge in [-0.1, -0.05) is 6.92 Å². The van der Waals surface area contributed by atoms with Crippen molar-refractivity contribution in [1.29, 1.82) is 0 Å². The Morgan fingerprint density at radius 3 is 2.76 bits per heavy atom. The lowest BCUT2D eigenvalue weighted by Gasteiger charge is -2.06. The van der Waals surface area contributed by atoms with Crippen molar-refractivity contribution in [2.45, 2.75) is 19.8 Å². The highest BCUT2D eigenvalue weighted by atomic mass is 16.4. The molecule has 8 heteroatoms. The zero-order chi connectivity index (χ0) is 15.4. The Kier molecular flexibility index (Phi) is 4.17. The van der Waals surface area contributed by atoms with Crippen molar-refractivity contribution < 1.29 is 19.8 Å². The van der Waals surface area contributed by atoms with Crippen LogP contribution in [0.2, 0.25) is 0 Å². The van der Waals surface area contributed by atoms with Crippen LogP contribution in [0.5, 0.6) is 5.75 Å². The molecule has 1 heterocycles. The zero-order valence-electron chi connectivity index (χ0n) is 11.3. The molecule has 0 aliphatic rings. The minimum atomic E-state index is -1.17. The van der Waals surface area contributed by atoms with E-state index in [9.17, 15) is 14.7 Å². The summed E-state index contributed by atoms with van der Waals surface area (Å²) in [5.41, 5.74) is 0.0143. The number of aryl methyl sites for hydroxylation is 1. The van der Waals surface area contributed by atoms with Crippen LogP contribution < -0.4 is 5.32 Å². The van der Waals surface area contributed by atoms with Crippen LogP contribution in [0.1, 0.15) is 40.1 Å². The van der Waals surface area contributed by atoms with Gasteiger partial charge in [0.1, 0.15) is 11.6 Å². The molecule has 0 radical (unpaired) electrons. The monoisotopic (exact) mass is 290 g/mol. The maximum Gasteiger partial charge on any atom is 0.335 e. The van der Waals surface area contributed by atoms with Gasteiger partial charge >= 0.3 is 5.97 Å². The number of carboxylic acid groups (broad SMARTS) is 1. The Morgan fingerprint density at radius 2 is 2.14 bits per heavy atom. The Bertz CT molecular complexity index is 681. The van der Waals surface area contributed by atoms with E-state index in [1.807, 2.05) is 6.92 Å². The molecule has 1 amide bonds. The van der Waals surface area contributed by atoms with Crippen LogP contribution in [-0.2, 0) is 6.42 Å². The molecule has 0 fully saturated rings. The van der Waals surface area contributed by atoms with Crippen LogP contribution in [0.15, 0.2) is 18.2 Å². The first-order valence-corrected chi connectivity index (χ1v) is 6.30. The quantitative estimate of drug-likeness (QED) is 0.616. The summed E-state index contributed by atoms with van der Waals surface area (Å²) in [4.78, 5) is 26.7. The Balaban J connectivity index is 2.13. The summed E-state index contributed by atoms with van der Waals surface area (Å²) >= 11 is 0. The van der Waals surface area contributed by atoms with Gasteiger partial charge in [-0.2, -0.15) is 0 Å². The number of carbonyl (C=O) groups excluding carboxylic acids is 1. The summed E-state index contributed by atoms with van der Waals surface area (Å²) in [5.74, 6) is -1.53. The Hall–Kier alpha value is -2.90. The van der Waals surface area contributed by atoms with E-state index in [-0.39, 0.29) is 22.8 Å². The van der Waals surface area contributed by atoms with E-state index in [0.29, 0.717) is 12.2 Å². The molecular formula is C13H14N4O4. The third-order valence-electron chi connectivity index (χ3n) is 2.71. The van der Waals surface area contributed by atoms with Crippen LogP contribution >= 0.6 is 0 Å². The first-order valence-electron chi connectivity index (χ1n) is 6.30. The molecule has 110 valence electrons. The highest BCUT2D eigenvalue weighted by Crippen LogP contribution is 2.24. The fourth-order valence-electron chi connectivity index (χ4n) is 1.69. The number of H-pyrrole nitrogens is 1. The van der Waals surface area contributed by atoms with Crippen molar-refractivity contribution in [3.63, 3.8) is 0 Å². The molecule has 0 unspecified atom stereocenters. The van der Waals surface area contributed by atoms with Crippen LogP contribution in [0.25, 0.3) is 0 Å². The molecule has 0 aliphatic carbocycles. The van der Waals surface area contributed by atoms with Gasteiger partial charge < -0.3 is 15.5 Å². The number of amides is 1. The number of hydrogen-bond donors (Lipinski definition) is 4. The molecule has 8 nitrogen and oxygen atoms in total. The number of hydrogen-bond acceptors (Lipinski definition) is 5. The molecule has 21 heavy (non-hydrogen) atoms. The Morgan fingerprint density at radius 1 is 1.38 bits per heavy atom. The number of nitrogens with one attached hydrogen (secondary N) is 2. The van der Waals surface area contributed by atoms with Crippen LogP contribution in [0.3, 0.4) is 0 Å². The standard InChI is InChI=1S/C13H14N4O4/c1-2-3-10-15-11(17-16-10)12(19)14-8-5-4-7(13(20)21)6-9(8)18/h4-6,18H,2-3H2,1H3,(H,14,19)(H,20,21)(H,15,16,17). The van der Waals surface area contributed by atoms with Gasteiger partial charge in [0.05, 0.1) is 11.3 Å². The summed E-state index contributed by atoms with van der Waals surface area (Å²) in [5, 5.41) is 27.3. The number of anilines is 1. The molecule has 0 atom stereocenters. The first kappa shape index (κ1) is 14.5. The van der Waals surface area contributed by atoms with Crippen molar-refractivity contribution in [3.8, 4) is 5.75 Å². The summed E-state index contributed by atoms with van der Waals surface area (Å²) in [6, 6.07) is 3.63. The average molecular weight is 290 g/mol. The third-order valence-corrected chi connectivity index (χ3v) is 2.71. The lowest BCUT2D eigenvalue weighted by molar-refractivity contribution is 0.0696. The minimum Gasteiger partial charge on any atom is -0.506 e. The molecule has 0 saturated heterocycles. The molecule has 2 rings (SSSR count). The number of aromatic amines is 1. The summed E-state index contributed by atoms with van der Waals surface area (Å²) in [6.07, 6.45) is 1.55. The number of carboxylic acids is 1. The molecule has 0 spiro atoms. The zero-order valence-corrected chi connectivity index (χ0v) is 11.3. The minimum absolute atomic E-state index is 0.0415. The van der Waals surface area contributed by atoms with Gasteiger partial charge in [-0.15, -0.1) is 5.10 Å². The summed E-state index contributed by atoms with van der Waals surface area (Å²) < 4.78 is 0. The number of nitrogens with zero attached hydrogens (tertiary/aromatic N) is 2. The maximum atomic E-state index is 11.9. The smallest absolute Gasteiger partial charge is 0.335 e. The van der Waals surface area contributed by atoms with E-state index in [1.54, 1.807) is 0 Å². The molecule has 1 aromatic carbocycles. The van der Waals surface area contributed by atoms with Crippen LogP contribution in [0.4, 0.5) is 5.69 Å². The van der Waals surface area contributed by atoms with Crippen molar-refractivity contribution in [2.24, 2.45) is 0 Å². The van der Waals surface area contributed by atoms with Gasteiger partial charge in [0.25, 0.3) is 5.91 Å². The van der Waals surface area contributed by atoms with Crippen LogP contribution in [-0.4, -0.2) is 37.3 Å². The predicted molar refractivity (Wildman–Crippen MR) is 73.4 cm³/mol. The fraction of sp³-hybridized carbons (Fsp3) is 0.231. The SMILES string of the molecule is CCCc1nc(C(=O)Nc2ccc(C(=O)O)cc2O)n[nH]1. The molecule has 0 aliphatic heterocycles. The van der Waals surface area contributed by atoms with Crippen LogP contribution in [0, 0.1) is 0 Å². The second-order valence-electron chi connectivity index (χ2n) is 4.35. The van der Waals surface area contributed by atoms with Crippen molar-refractivity contribution in [3.05, 3.63) is 35.4 Å². The molecule has 4 N–H and O–H groups in total. The number of benzene rings is 1. The lowest BCUT2D eigenvalue weighted by atomic mass is 10.2. The summed E-state index contributed by atoms with van der Waals surface area (Å²) in [7, 11) is 0. The van der Waals surface area contributed by atoms with Gasteiger partial charge in [-0.25, -0.2) is 9.78 Å². The second kappa shape index (κ2) is 6.04. The number of carbonyl (C=O) groups is 2. The van der Waals surface area contributed by atoms with Gasteiger partial charge in [0, 0.05) is 6.42 Å². The van der Waals surface area contributed by atoms with Gasteiger partial charge in [-0.05, 0) is 24.6 Å². The largest absolute Gasteiger partial charge is 0.506 e. The van der Waals surface area contributed by atoms with E-state index in [1.165, 1.54) is 12.1 Å². The highest BCUT2D eigenvalue weighted by molar-refractivity contribution is 6.02. The number of rotatable bonds is 5. The number of phenolic OH excluding ortho intramolecular Hbond substituents is 1. The predicted octanol–water partition coefficient (Wildman–Crippen LogP) is 1.41. The summed E-state index contributed by atoms with van der Waals surface area (Å²) in [6.45, 7) is 1.98. The number of phenols is 1. The second-order valence-corrected chi connectivity index (χ2v) is 4.35. The van der Waals surface area contributed by atoms with E-state index in [4.69, 9.17) is 5.11 Å². The van der Waals surface area contributed by atoms with Gasteiger partial charge in [0.2, 0.25) is 5.82 Å². The molecule has 0 bridgehead atoms. The first-order chi connectivity index (χ1) is 10.0. The molecule has 1 aromatic heterocycles. The maximum absolute atomic E-state index is 11.9. The highest BCUT2D eigenvalue weighted by Gasteiger charge is 2.15. The van der Waals surface area contributed by atoms with Gasteiger partial charge in [0.15, 0.2) is 0 Å². The Labute approximate surface area is 119 Å². The normalized spacial score (nSPS) is 10.3. The molecule has 2 aromatic rings. The third kappa shape index (κ3) is 3.35. The van der Waals surface area contributed by atoms with Gasteiger partial charge in [-0.3, -0.25) is 9.89 Å². The number of aromatic hydroxyl groups is 1. The van der Waals surface area contributed by atoms with Crippen molar-refractivity contribution in [2.75, 3.05) is 5.32 Å². The fourth-order valence-corrected chi connectivity index (χ4v) is 1.69. The van der Waals surface area contributed by atoms with E-state index >= 15 is 0 Å². The number of aromatic nitrogens is 3. The molecule has 0 saturated carbocycles. The van der Waals surface area contributed by atoms with Crippen molar-refractivity contribution >= 4 is 17.6 Å². The van der Waals surface area contributed by atoms with E-state index in [2.05, 4.69) is 20.5 Å².